The molecule has 9 heteroatoms. The van der Waals surface area contributed by atoms with Crippen LogP contribution < -0.4 is 20.5 Å². The molecule has 26 heavy (non-hydrogen) atoms. The predicted molar refractivity (Wildman–Crippen MR) is 96.0 cm³/mol. The normalized spacial score (nSPS) is 15.0. The van der Waals surface area contributed by atoms with Crippen molar-refractivity contribution in [3.05, 3.63) is 78.0 Å². The highest BCUT2D eigenvalue weighted by atomic mass is 35.5. The van der Waals surface area contributed by atoms with E-state index in [4.69, 9.17) is 32.7 Å². The molecule has 1 aromatic carbocycles. The van der Waals surface area contributed by atoms with Crippen LogP contribution in [0.15, 0.2) is 39.9 Å². The molecule has 3 heterocycles. The summed E-state index contributed by atoms with van der Waals surface area (Å²) >= 11 is 11.8. The number of H-pyrrole nitrogens is 2. The number of nitrogens with one attached hydrogen (secondary N) is 2. The lowest BCUT2D eigenvalue weighted by Crippen LogP contribution is -2.28. The van der Waals surface area contributed by atoms with Gasteiger partial charge in [-0.05, 0) is 29.3 Å². The van der Waals surface area contributed by atoms with Crippen LogP contribution in [-0.2, 0) is 0 Å². The van der Waals surface area contributed by atoms with Crippen LogP contribution in [0.25, 0.3) is 0 Å². The summed E-state index contributed by atoms with van der Waals surface area (Å²) in [5.74, 6) is 0.0959. The van der Waals surface area contributed by atoms with E-state index in [2.05, 4.69) is 15.0 Å². The van der Waals surface area contributed by atoms with E-state index >= 15 is 0 Å². The average Bonchev–Trinajstić information content (AvgIpc) is 2.59. The SMILES string of the molecule is COc1ccc(C2c3c([nH]c(Cl)cc3=O)Oc3nc(Cl)[nH]c(=O)c32)cc1. The largest absolute Gasteiger partial charge is 0.497 e. The Kier molecular flexibility index (Phi) is 3.97. The van der Waals surface area contributed by atoms with E-state index in [1.54, 1.807) is 31.4 Å². The number of hydrogen-bond donors (Lipinski definition) is 2. The number of fused-ring (bicyclic) bond motifs is 2. The summed E-state index contributed by atoms with van der Waals surface area (Å²) in [6.45, 7) is 0. The second kappa shape index (κ2) is 6.19. The summed E-state index contributed by atoms with van der Waals surface area (Å²) in [5, 5.41) is -0.00308. The average molecular weight is 392 g/mol. The van der Waals surface area contributed by atoms with Gasteiger partial charge in [0.1, 0.15) is 10.9 Å². The predicted octanol–water partition coefficient (Wildman–Crippen LogP) is 3.06. The summed E-state index contributed by atoms with van der Waals surface area (Å²) < 4.78 is 10.8. The summed E-state index contributed by atoms with van der Waals surface area (Å²) in [5.41, 5.74) is 0.311. The molecule has 1 aliphatic rings. The van der Waals surface area contributed by atoms with Crippen molar-refractivity contribution in [2.24, 2.45) is 0 Å². The van der Waals surface area contributed by atoms with Gasteiger partial charge in [-0.3, -0.25) is 14.6 Å². The number of aromatic nitrogens is 3. The zero-order valence-corrected chi connectivity index (χ0v) is 14.8. The van der Waals surface area contributed by atoms with Gasteiger partial charge < -0.3 is 14.5 Å². The van der Waals surface area contributed by atoms with Crippen molar-refractivity contribution in [3.8, 4) is 17.5 Å². The highest BCUT2D eigenvalue weighted by Gasteiger charge is 2.35. The van der Waals surface area contributed by atoms with E-state index in [0.717, 1.165) is 0 Å². The summed E-state index contributed by atoms with van der Waals surface area (Å²) in [4.78, 5) is 34.4. The quantitative estimate of drug-likeness (QED) is 0.404. The number of nitrogens with zero attached hydrogens (tertiary/aromatic N) is 1. The first-order valence-electron chi connectivity index (χ1n) is 7.52. The van der Waals surface area contributed by atoms with Crippen LogP contribution >= 0.6 is 23.2 Å². The molecule has 132 valence electrons. The maximum atomic E-state index is 12.6. The first-order valence-corrected chi connectivity index (χ1v) is 8.27. The van der Waals surface area contributed by atoms with Crippen LogP contribution in [0.5, 0.6) is 17.5 Å². The van der Waals surface area contributed by atoms with Crippen LogP contribution in [0.4, 0.5) is 0 Å². The molecule has 0 bridgehead atoms. The van der Waals surface area contributed by atoms with Crippen molar-refractivity contribution < 1.29 is 9.47 Å². The fraction of sp³-hybridized carbons (Fsp3) is 0.118. The highest BCUT2D eigenvalue weighted by molar-refractivity contribution is 6.29. The number of hydrogen-bond acceptors (Lipinski definition) is 5. The Morgan fingerprint density at radius 3 is 2.54 bits per heavy atom. The maximum absolute atomic E-state index is 12.6. The van der Waals surface area contributed by atoms with E-state index in [-0.39, 0.29) is 38.8 Å². The van der Waals surface area contributed by atoms with E-state index < -0.39 is 11.5 Å². The summed E-state index contributed by atoms with van der Waals surface area (Å²) in [7, 11) is 1.55. The van der Waals surface area contributed by atoms with Gasteiger partial charge in [-0.25, -0.2) is 0 Å². The Morgan fingerprint density at radius 1 is 1.12 bits per heavy atom. The molecule has 2 aromatic heterocycles. The Labute approximate surface area is 156 Å². The molecular weight excluding hydrogens is 381 g/mol. The molecule has 4 rings (SSSR count). The van der Waals surface area contributed by atoms with Crippen LogP contribution in [0, 0.1) is 0 Å². The number of ether oxygens (including phenoxy) is 2. The third-order valence-electron chi connectivity index (χ3n) is 4.12. The summed E-state index contributed by atoms with van der Waals surface area (Å²) in [6, 6.07) is 8.26. The van der Waals surface area contributed by atoms with Gasteiger partial charge in [0.25, 0.3) is 5.56 Å². The van der Waals surface area contributed by atoms with Crippen molar-refractivity contribution >= 4 is 23.2 Å². The monoisotopic (exact) mass is 391 g/mol. The minimum Gasteiger partial charge on any atom is -0.497 e. The number of pyridine rings is 1. The van der Waals surface area contributed by atoms with Gasteiger partial charge in [0.2, 0.25) is 17.0 Å². The van der Waals surface area contributed by atoms with E-state index in [9.17, 15) is 9.59 Å². The summed E-state index contributed by atoms with van der Waals surface area (Å²) in [6.07, 6.45) is 0. The molecule has 0 saturated carbocycles. The van der Waals surface area contributed by atoms with E-state index in [1.165, 1.54) is 6.07 Å². The van der Waals surface area contributed by atoms with Gasteiger partial charge >= 0.3 is 0 Å². The van der Waals surface area contributed by atoms with E-state index in [0.29, 0.717) is 11.3 Å². The molecule has 0 fully saturated rings. The van der Waals surface area contributed by atoms with Gasteiger partial charge in [0.15, 0.2) is 5.43 Å². The molecule has 0 amide bonds. The lowest BCUT2D eigenvalue weighted by atomic mass is 9.85. The second-order valence-corrected chi connectivity index (χ2v) is 6.37. The van der Waals surface area contributed by atoms with Crippen LogP contribution in [0.3, 0.4) is 0 Å². The van der Waals surface area contributed by atoms with Crippen molar-refractivity contribution in [3.63, 3.8) is 0 Å². The number of rotatable bonds is 2. The zero-order valence-electron chi connectivity index (χ0n) is 13.3. The van der Waals surface area contributed by atoms with Crippen LogP contribution in [0.1, 0.15) is 22.6 Å². The highest BCUT2D eigenvalue weighted by Crippen LogP contribution is 2.43. The molecule has 0 saturated heterocycles. The number of aromatic amines is 2. The van der Waals surface area contributed by atoms with Gasteiger partial charge in [0, 0.05) is 6.07 Å². The molecule has 7 nitrogen and oxygen atoms in total. The third kappa shape index (κ3) is 2.65. The molecule has 0 spiro atoms. The minimum atomic E-state index is -0.700. The number of halogens is 2. The van der Waals surface area contributed by atoms with Crippen LogP contribution in [0.2, 0.25) is 10.4 Å². The molecule has 3 aromatic rings. The lowest BCUT2D eigenvalue weighted by Gasteiger charge is -2.26. The Bertz CT molecular complexity index is 1060. The number of methoxy groups -OCH3 is 1. The standard InChI is InChI=1S/C17H11Cl2N3O4/c1-25-8-4-2-7(3-5-8)11-12-9(23)6-10(18)20-15(12)26-16-13(11)14(24)21-17(19)22-16/h2-6,11H,1H3,(H,20,23)(H,21,22,24). The lowest BCUT2D eigenvalue weighted by molar-refractivity contribution is 0.410. The molecule has 1 aliphatic heterocycles. The van der Waals surface area contributed by atoms with Crippen molar-refractivity contribution in [1.29, 1.82) is 0 Å². The maximum Gasteiger partial charge on any atom is 0.259 e. The Hall–Kier alpha value is -2.77. The fourth-order valence-electron chi connectivity index (χ4n) is 3.01. The van der Waals surface area contributed by atoms with Gasteiger partial charge in [-0.1, -0.05) is 23.7 Å². The van der Waals surface area contributed by atoms with Crippen molar-refractivity contribution in [2.75, 3.05) is 7.11 Å². The van der Waals surface area contributed by atoms with Crippen molar-refractivity contribution in [2.45, 2.75) is 5.92 Å². The minimum absolute atomic E-state index is 0.0185. The molecule has 2 N–H and O–H groups in total. The van der Waals surface area contributed by atoms with Gasteiger partial charge in [0.05, 0.1) is 24.2 Å². The molecule has 0 radical (unpaired) electrons. The first kappa shape index (κ1) is 16.7. The Morgan fingerprint density at radius 2 is 1.85 bits per heavy atom. The second-order valence-electron chi connectivity index (χ2n) is 5.61. The molecule has 1 atom stereocenters. The smallest absolute Gasteiger partial charge is 0.259 e. The first-order chi connectivity index (χ1) is 12.5. The van der Waals surface area contributed by atoms with E-state index in [1.807, 2.05) is 0 Å². The fourth-order valence-corrected chi connectivity index (χ4v) is 3.36. The molecule has 0 aliphatic carbocycles. The Balaban J connectivity index is 2.03. The molecule has 1 unspecified atom stereocenters. The topological polar surface area (TPSA) is 97.1 Å². The van der Waals surface area contributed by atoms with Gasteiger partial charge in [-0.2, -0.15) is 4.98 Å². The molecular formula is C17H11Cl2N3O4. The van der Waals surface area contributed by atoms with Crippen LogP contribution in [-0.4, -0.2) is 22.1 Å². The zero-order chi connectivity index (χ0) is 18.4. The van der Waals surface area contributed by atoms with Gasteiger partial charge in [-0.15, -0.1) is 0 Å². The third-order valence-corrected chi connectivity index (χ3v) is 4.50. The van der Waals surface area contributed by atoms with Crippen molar-refractivity contribution in [1.82, 2.24) is 15.0 Å². The number of benzene rings is 1.